The summed E-state index contributed by atoms with van der Waals surface area (Å²) in [5.74, 6) is 0.460. The maximum Gasteiger partial charge on any atom is 0.167 e. The van der Waals surface area contributed by atoms with Gasteiger partial charge in [0.1, 0.15) is 17.1 Å². The van der Waals surface area contributed by atoms with E-state index in [9.17, 15) is 10.2 Å². The van der Waals surface area contributed by atoms with E-state index in [1.807, 2.05) is 18.2 Å². The number of hydrogen-bond acceptors (Lipinski definition) is 3. The molecule has 36 heavy (non-hydrogen) atoms. The largest absolute Gasteiger partial charge is 0.508 e. The molecular weight excluding hydrogens is 561 g/mol. The molecule has 1 saturated heterocycles. The average Bonchev–Trinajstić information content (AvgIpc) is 2.89. The molecule has 5 rings (SSSR count). The minimum Gasteiger partial charge on any atom is -0.508 e. The lowest BCUT2D eigenvalue weighted by Crippen LogP contribution is -3.12. The molecule has 4 aromatic rings. The van der Waals surface area contributed by atoms with Crippen molar-refractivity contribution in [3.05, 3.63) is 84.8 Å². The van der Waals surface area contributed by atoms with Gasteiger partial charge in [-0.3, -0.25) is 0 Å². The van der Waals surface area contributed by atoms with Crippen molar-refractivity contribution in [1.82, 2.24) is 0 Å². The summed E-state index contributed by atoms with van der Waals surface area (Å²) in [6, 6.07) is 21.7. The van der Waals surface area contributed by atoms with E-state index in [1.54, 1.807) is 29.2 Å². The first-order valence-corrected chi connectivity index (χ1v) is 15.2. The molecule has 5 heteroatoms. The van der Waals surface area contributed by atoms with Crippen LogP contribution in [0.4, 0.5) is 0 Å². The van der Waals surface area contributed by atoms with Crippen LogP contribution >= 0.6 is 20.7 Å². The van der Waals surface area contributed by atoms with Crippen LogP contribution in [0.25, 0.3) is 22.1 Å². The molecule has 1 aliphatic rings. The summed E-state index contributed by atoms with van der Waals surface area (Å²) in [4.78, 5) is 1.80. The predicted molar refractivity (Wildman–Crippen MR) is 154 cm³/mol. The average molecular weight is 597 g/mol. The minimum absolute atomic E-state index is 0.207. The maximum atomic E-state index is 10.0. The lowest BCUT2D eigenvalue weighted by atomic mass is 10.00. The third kappa shape index (κ3) is 6.01. The summed E-state index contributed by atoms with van der Waals surface area (Å²) in [5, 5.41) is 20.8. The number of unbranched alkanes of at least 4 members (excludes halogenated alkanes) is 1. The number of piperidine rings is 1. The third-order valence-corrected chi connectivity index (χ3v) is 9.80. The number of phenolic OH excluding ortho intramolecular Hbond substituents is 2. The molecule has 1 aliphatic heterocycles. The van der Waals surface area contributed by atoms with Crippen molar-refractivity contribution in [2.24, 2.45) is 0 Å². The molecule has 3 N–H and O–H groups in total. The molecule has 1 aromatic heterocycles. The SMILES string of the molecule is Cc1c(-c2ccc(O)cc2)c(=Ic2ccc(CCCC[NH+]3CCCCC3)cc2)oc2cc(O)ccc12. The van der Waals surface area contributed by atoms with Gasteiger partial charge < -0.3 is 19.5 Å². The van der Waals surface area contributed by atoms with Crippen molar-refractivity contribution in [2.45, 2.75) is 45.4 Å². The van der Waals surface area contributed by atoms with E-state index in [1.165, 1.54) is 60.9 Å². The summed E-state index contributed by atoms with van der Waals surface area (Å²) in [6.45, 7) is 6.16. The Morgan fingerprint density at radius 1 is 0.833 bits per heavy atom. The van der Waals surface area contributed by atoms with Crippen LogP contribution in [0.2, 0.25) is 0 Å². The predicted octanol–water partition coefficient (Wildman–Crippen LogP) is 6.58. The zero-order chi connectivity index (χ0) is 24.9. The number of rotatable bonds is 7. The highest BCUT2D eigenvalue weighted by molar-refractivity contribution is 14.2. The van der Waals surface area contributed by atoms with Crippen LogP contribution in [0, 0.1) is 13.8 Å². The van der Waals surface area contributed by atoms with Crippen molar-refractivity contribution in [1.29, 1.82) is 0 Å². The van der Waals surface area contributed by atoms with Crippen molar-refractivity contribution >= 4 is 31.7 Å². The summed E-state index contributed by atoms with van der Waals surface area (Å²) in [5.41, 5.74) is 5.37. The van der Waals surface area contributed by atoms with Crippen molar-refractivity contribution in [2.75, 3.05) is 19.6 Å². The van der Waals surface area contributed by atoms with Gasteiger partial charge in [0.2, 0.25) is 0 Å². The second kappa shape index (κ2) is 11.6. The van der Waals surface area contributed by atoms with E-state index in [0.717, 1.165) is 31.8 Å². The Kier molecular flexibility index (Phi) is 8.07. The number of quaternary nitrogens is 1. The fourth-order valence-corrected chi connectivity index (χ4v) is 7.80. The first kappa shape index (κ1) is 25.0. The zero-order valence-corrected chi connectivity index (χ0v) is 23.1. The van der Waals surface area contributed by atoms with Gasteiger partial charge in [-0.05, 0) is 119 Å². The fraction of sp³-hybridized carbons (Fsp3) is 0.323. The number of aromatic hydroxyl groups is 2. The number of nitrogens with one attached hydrogen (secondary N) is 1. The second-order valence-corrected chi connectivity index (χ2v) is 12.6. The van der Waals surface area contributed by atoms with Gasteiger partial charge in [0.05, 0.1) is 19.6 Å². The third-order valence-electron chi connectivity index (χ3n) is 7.21. The van der Waals surface area contributed by atoms with E-state index in [0.29, 0.717) is 5.58 Å². The summed E-state index contributed by atoms with van der Waals surface area (Å²) < 4.78 is 8.70. The molecule has 4 nitrogen and oxygen atoms in total. The summed E-state index contributed by atoms with van der Waals surface area (Å²) in [7, 11) is 0. The van der Waals surface area contributed by atoms with Crippen molar-refractivity contribution in [3.63, 3.8) is 0 Å². The van der Waals surface area contributed by atoms with Crippen LogP contribution in [0.5, 0.6) is 11.5 Å². The van der Waals surface area contributed by atoms with Gasteiger partial charge in [0, 0.05) is 20.6 Å². The van der Waals surface area contributed by atoms with Gasteiger partial charge in [-0.2, -0.15) is 0 Å². The number of likely N-dealkylation sites (tertiary alicyclic amines) is 1. The second-order valence-electron chi connectivity index (χ2n) is 9.84. The molecule has 0 spiro atoms. The van der Waals surface area contributed by atoms with Crippen LogP contribution in [0.1, 0.15) is 43.2 Å². The normalized spacial score (nSPS) is 15.2. The molecule has 0 unspecified atom stereocenters. The number of benzene rings is 3. The standard InChI is InChI=1S/C31H34INO3/c1-22-28-17-16-27(35)21-29(28)36-31(30(22)24-10-14-26(34)15-11-24)32-25-12-8-23(9-13-25)7-3-6-20-33-18-4-2-5-19-33/h8-17,21,34-35H,2-7,18-20H2,1H3/p+1. The Morgan fingerprint density at radius 2 is 1.56 bits per heavy atom. The van der Waals surface area contributed by atoms with Gasteiger partial charge >= 0.3 is 0 Å². The van der Waals surface area contributed by atoms with Gasteiger partial charge in [-0.25, -0.2) is 0 Å². The number of aryl methyl sites for hydroxylation is 2. The highest BCUT2D eigenvalue weighted by Crippen LogP contribution is 2.36. The Balaban J connectivity index is 1.40. The van der Waals surface area contributed by atoms with E-state index in [2.05, 4.69) is 31.2 Å². The van der Waals surface area contributed by atoms with Gasteiger partial charge in [0.25, 0.3) is 0 Å². The van der Waals surface area contributed by atoms with Crippen LogP contribution < -0.4 is 4.90 Å². The van der Waals surface area contributed by atoms with Gasteiger partial charge in [-0.15, -0.1) is 0 Å². The Bertz CT molecular complexity index is 1380. The number of phenols is 2. The molecule has 0 bridgehead atoms. The van der Waals surface area contributed by atoms with Crippen LogP contribution in [0.3, 0.4) is 0 Å². The topological polar surface area (TPSA) is 58.0 Å². The Morgan fingerprint density at radius 3 is 2.31 bits per heavy atom. The quantitative estimate of drug-likeness (QED) is 0.167. The van der Waals surface area contributed by atoms with Crippen LogP contribution in [0.15, 0.2) is 71.1 Å². The molecule has 0 radical (unpaired) electrons. The van der Waals surface area contributed by atoms with Crippen molar-refractivity contribution < 1.29 is 19.5 Å². The van der Waals surface area contributed by atoms with E-state index < -0.39 is 20.7 Å². The zero-order valence-electron chi connectivity index (χ0n) is 20.9. The lowest BCUT2D eigenvalue weighted by molar-refractivity contribution is -0.905. The van der Waals surface area contributed by atoms with Crippen LogP contribution in [-0.4, -0.2) is 29.8 Å². The fourth-order valence-electron chi connectivity index (χ4n) is 5.18. The van der Waals surface area contributed by atoms with E-state index in [-0.39, 0.29) is 11.5 Å². The van der Waals surface area contributed by atoms with Crippen LogP contribution in [-0.2, 0) is 6.42 Å². The smallest absolute Gasteiger partial charge is 0.167 e. The molecule has 188 valence electrons. The molecule has 0 atom stereocenters. The molecule has 3 aromatic carbocycles. The molecule has 0 saturated carbocycles. The molecule has 1 fully saturated rings. The highest BCUT2D eigenvalue weighted by atomic mass is 127. The maximum absolute atomic E-state index is 10.0. The monoisotopic (exact) mass is 596 g/mol. The summed E-state index contributed by atoms with van der Waals surface area (Å²) >= 11 is -0.581. The summed E-state index contributed by atoms with van der Waals surface area (Å²) in [6.07, 6.45) is 7.93. The number of halogens is 1. The van der Waals surface area contributed by atoms with Gasteiger partial charge in [0.15, 0.2) is 3.35 Å². The molecule has 0 amide bonds. The lowest BCUT2D eigenvalue weighted by Gasteiger charge is -2.23. The Hall–Kier alpha value is -2.64. The molecular formula is C31H35INO3+. The van der Waals surface area contributed by atoms with E-state index >= 15 is 0 Å². The number of hydrogen-bond donors (Lipinski definition) is 3. The Labute approximate surface area is 223 Å². The number of fused-ring (bicyclic) bond motifs is 1. The molecule has 2 heterocycles. The van der Waals surface area contributed by atoms with E-state index in [4.69, 9.17) is 4.42 Å². The first-order valence-electron chi connectivity index (χ1n) is 13.0. The molecule has 0 aliphatic carbocycles. The first-order chi connectivity index (χ1) is 17.6. The van der Waals surface area contributed by atoms with Crippen molar-refractivity contribution in [3.8, 4) is 22.6 Å². The van der Waals surface area contributed by atoms with Gasteiger partial charge in [-0.1, -0.05) is 24.3 Å². The minimum atomic E-state index is -0.581. The highest BCUT2D eigenvalue weighted by Gasteiger charge is 2.14.